The fraction of sp³-hybridized carbons (Fsp3) is 0.238. The van der Waals surface area contributed by atoms with Crippen LogP contribution in [-0.4, -0.2) is 48.9 Å². The Morgan fingerprint density at radius 3 is 2.50 bits per heavy atom. The van der Waals surface area contributed by atoms with Crippen LogP contribution < -0.4 is 14.2 Å². The Balaban J connectivity index is 1.66. The van der Waals surface area contributed by atoms with E-state index in [4.69, 9.17) is 19.2 Å². The number of aromatic amines is 1. The van der Waals surface area contributed by atoms with Gasteiger partial charge in [0.2, 0.25) is 5.75 Å². The van der Waals surface area contributed by atoms with Crippen LogP contribution in [0.4, 0.5) is 0 Å². The molecule has 0 saturated heterocycles. The number of ether oxygens (including phenoxy) is 3. The van der Waals surface area contributed by atoms with Crippen molar-refractivity contribution < 1.29 is 19.0 Å². The van der Waals surface area contributed by atoms with E-state index >= 15 is 0 Å². The first kappa shape index (κ1) is 18.4. The smallest absolute Gasteiger partial charge is 0.203 e. The summed E-state index contributed by atoms with van der Waals surface area (Å²) in [4.78, 5) is 21.0. The third-order valence-corrected chi connectivity index (χ3v) is 5.80. The van der Waals surface area contributed by atoms with Crippen molar-refractivity contribution in [2.45, 2.75) is 6.04 Å². The van der Waals surface area contributed by atoms with Crippen molar-refractivity contribution in [1.29, 1.82) is 0 Å². The van der Waals surface area contributed by atoms with Gasteiger partial charge in [0.1, 0.15) is 11.1 Å². The summed E-state index contributed by atoms with van der Waals surface area (Å²) in [5.74, 6) is 1.91. The fourth-order valence-electron chi connectivity index (χ4n) is 3.32. The van der Waals surface area contributed by atoms with Crippen LogP contribution in [-0.2, 0) is 0 Å². The van der Waals surface area contributed by atoms with Gasteiger partial charge in [-0.05, 0) is 18.2 Å². The predicted octanol–water partition coefficient (Wildman–Crippen LogP) is 3.94. The number of H-pyrrole nitrogens is 1. The summed E-state index contributed by atoms with van der Waals surface area (Å²) in [5, 5.41) is 1.98. The summed E-state index contributed by atoms with van der Waals surface area (Å²) in [5.41, 5.74) is 2.57. The Morgan fingerprint density at radius 1 is 1.11 bits per heavy atom. The van der Waals surface area contributed by atoms with Gasteiger partial charge >= 0.3 is 0 Å². The number of thioether (sulfide) groups is 1. The maximum absolute atomic E-state index is 13.1. The monoisotopic (exact) mass is 396 g/mol. The highest BCUT2D eigenvalue weighted by atomic mass is 32.2. The maximum atomic E-state index is 13.1. The molecule has 1 aliphatic heterocycles. The first-order valence-corrected chi connectivity index (χ1v) is 9.76. The highest BCUT2D eigenvalue weighted by Crippen LogP contribution is 2.39. The minimum Gasteiger partial charge on any atom is -0.493 e. The number of hydrogen-bond donors (Lipinski definition) is 1. The molecule has 6 nitrogen and oxygen atoms in total. The average Bonchev–Trinajstić information content (AvgIpc) is 3.38. The number of para-hydroxylation sites is 1. The summed E-state index contributed by atoms with van der Waals surface area (Å²) in [6, 6.07) is 11.0. The molecule has 0 aliphatic carbocycles. The molecule has 0 bridgehead atoms. The van der Waals surface area contributed by atoms with Gasteiger partial charge in [0, 0.05) is 34.0 Å². The standard InChI is InChI=1S/C21H20N2O4S/c1-25-17-8-12(9-18(26-2)20(17)27-3)19(24)16-11-28-21(23-16)14-10-22-15-7-5-4-6-13(14)15/h4-10,16,22H,11H2,1-3H3. The van der Waals surface area contributed by atoms with Crippen molar-refractivity contribution in [1.82, 2.24) is 4.98 Å². The molecule has 0 saturated carbocycles. The van der Waals surface area contributed by atoms with Crippen LogP contribution in [0.1, 0.15) is 15.9 Å². The van der Waals surface area contributed by atoms with Crippen LogP contribution in [0.5, 0.6) is 17.2 Å². The van der Waals surface area contributed by atoms with Crippen LogP contribution in [0, 0.1) is 0 Å². The van der Waals surface area contributed by atoms with E-state index in [1.165, 1.54) is 21.3 Å². The molecule has 2 aromatic carbocycles. The van der Waals surface area contributed by atoms with Crippen LogP contribution in [0.3, 0.4) is 0 Å². The van der Waals surface area contributed by atoms with Crippen LogP contribution in [0.25, 0.3) is 10.9 Å². The van der Waals surface area contributed by atoms with Crippen LogP contribution >= 0.6 is 11.8 Å². The van der Waals surface area contributed by atoms with Gasteiger partial charge in [-0.1, -0.05) is 18.2 Å². The summed E-state index contributed by atoms with van der Waals surface area (Å²) in [6.07, 6.45) is 1.95. The topological polar surface area (TPSA) is 72.9 Å². The minimum absolute atomic E-state index is 0.0680. The number of Topliss-reactive ketones (excluding diaryl/α,β-unsaturated/α-hetero) is 1. The van der Waals surface area contributed by atoms with Crippen LogP contribution in [0.15, 0.2) is 47.6 Å². The second kappa shape index (κ2) is 7.59. The molecule has 0 fully saturated rings. The highest BCUT2D eigenvalue weighted by molar-refractivity contribution is 8.14. The van der Waals surface area contributed by atoms with E-state index < -0.39 is 6.04 Å². The van der Waals surface area contributed by atoms with Gasteiger partial charge in [-0.3, -0.25) is 9.79 Å². The van der Waals surface area contributed by atoms with E-state index in [0.29, 0.717) is 28.6 Å². The Bertz CT molecular complexity index is 1050. The molecule has 144 valence electrons. The predicted molar refractivity (Wildman–Crippen MR) is 112 cm³/mol. The van der Waals surface area contributed by atoms with Gasteiger partial charge in [0.25, 0.3) is 0 Å². The van der Waals surface area contributed by atoms with Crippen molar-refractivity contribution in [2.24, 2.45) is 4.99 Å². The summed E-state index contributed by atoms with van der Waals surface area (Å²) in [6.45, 7) is 0. The van der Waals surface area contributed by atoms with E-state index in [-0.39, 0.29) is 5.78 Å². The quantitative estimate of drug-likeness (QED) is 0.639. The molecule has 1 aromatic heterocycles. The third-order valence-electron chi connectivity index (χ3n) is 4.72. The number of carbonyl (C=O) groups excluding carboxylic acids is 1. The lowest BCUT2D eigenvalue weighted by Crippen LogP contribution is -2.19. The zero-order valence-corrected chi connectivity index (χ0v) is 16.6. The SMILES string of the molecule is COc1cc(C(=O)C2CSC(c3c[nH]c4ccccc34)=N2)cc(OC)c1OC. The highest BCUT2D eigenvalue weighted by Gasteiger charge is 2.29. The number of nitrogens with one attached hydrogen (secondary N) is 1. The number of aliphatic imine (C=N–C) groups is 1. The van der Waals surface area contributed by atoms with Gasteiger partial charge in [-0.2, -0.15) is 0 Å². The first-order chi connectivity index (χ1) is 13.7. The molecule has 7 heteroatoms. The van der Waals surface area contributed by atoms with Gasteiger partial charge < -0.3 is 19.2 Å². The number of carbonyl (C=O) groups is 1. The number of ketones is 1. The lowest BCUT2D eigenvalue weighted by molar-refractivity contribution is 0.0971. The summed E-state index contributed by atoms with van der Waals surface area (Å²) in [7, 11) is 4.60. The zero-order chi connectivity index (χ0) is 19.7. The molecule has 1 aliphatic rings. The Hall–Kier alpha value is -2.93. The number of hydrogen-bond acceptors (Lipinski definition) is 6. The van der Waals surface area contributed by atoms with Crippen molar-refractivity contribution in [3.05, 3.63) is 53.7 Å². The number of rotatable bonds is 6. The molecule has 2 heterocycles. The number of aromatic nitrogens is 1. The lowest BCUT2D eigenvalue weighted by atomic mass is 10.0. The maximum Gasteiger partial charge on any atom is 0.203 e. The van der Waals surface area contributed by atoms with Crippen molar-refractivity contribution >= 4 is 33.5 Å². The zero-order valence-electron chi connectivity index (χ0n) is 15.8. The van der Waals surface area contributed by atoms with E-state index in [2.05, 4.69) is 11.1 Å². The van der Waals surface area contributed by atoms with Crippen LogP contribution in [0.2, 0.25) is 0 Å². The molecular formula is C21H20N2O4S. The van der Waals surface area contributed by atoms with Crippen molar-refractivity contribution in [3.8, 4) is 17.2 Å². The molecule has 0 spiro atoms. The largest absolute Gasteiger partial charge is 0.493 e. The summed E-state index contributed by atoms with van der Waals surface area (Å²) >= 11 is 1.60. The molecule has 0 amide bonds. The van der Waals surface area contributed by atoms with E-state index in [1.54, 1.807) is 23.9 Å². The fourth-order valence-corrected chi connectivity index (χ4v) is 4.39. The molecule has 28 heavy (non-hydrogen) atoms. The normalized spacial score (nSPS) is 16.1. The lowest BCUT2D eigenvalue weighted by Gasteiger charge is -2.14. The number of benzene rings is 2. The molecule has 1 atom stereocenters. The Morgan fingerprint density at radius 2 is 1.82 bits per heavy atom. The Labute approximate surface area is 166 Å². The second-order valence-corrected chi connectivity index (χ2v) is 7.30. The van der Waals surface area contributed by atoms with Crippen molar-refractivity contribution in [2.75, 3.05) is 27.1 Å². The molecule has 1 N–H and O–H groups in total. The number of nitrogens with zero attached hydrogens (tertiary/aromatic N) is 1. The molecular weight excluding hydrogens is 376 g/mol. The van der Waals surface area contributed by atoms with Gasteiger partial charge in [0.15, 0.2) is 17.3 Å². The van der Waals surface area contributed by atoms with E-state index in [9.17, 15) is 4.79 Å². The van der Waals surface area contributed by atoms with Crippen molar-refractivity contribution in [3.63, 3.8) is 0 Å². The molecule has 3 aromatic rings. The summed E-state index contributed by atoms with van der Waals surface area (Å²) < 4.78 is 16.0. The second-order valence-electron chi connectivity index (χ2n) is 6.29. The first-order valence-electron chi connectivity index (χ1n) is 8.77. The Kier molecular flexibility index (Phi) is 5.00. The number of fused-ring (bicyclic) bond motifs is 1. The van der Waals surface area contributed by atoms with Gasteiger partial charge in [-0.15, -0.1) is 11.8 Å². The van der Waals surface area contributed by atoms with Gasteiger partial charge in [-0.25, -0.2) is 0 Å². The van der Waals surface area contributed by atoms with Gasteiger partial charge in [0.05, 0.1) is 21.3 Å². The minimum atomic E-state index is -0.448. The molecule has 0 radical (unpaired) electrons. The molecule has 4 rings (SSSR count). The van der Waals surface area contributed by atoms with E-state index in [0.717, 1.165) is 21.5 Å². The third kappa shape index (κ3) is 3.11. The average molecular weight is 396 g/mol. The van der Waals surface area contributed by atoms with E-state index in [1.807, 2.05) is 24.4 Å². The number of methoxy groups -OCH3 is 3. The molecule has 1 unspecified atom stereocenters.